The molecule has 0 unspecified atom stereocenters. The SMILES string of the molecule is C=C(C)C.CC.Fc1c(F)c(F)c(C(c2c(F)c(F)c(F)c(F)c2F)(c2c(F)c(F)c(F)c(F)c2F)c2c(F)c(F)c(F)c(F)c2F)c(F)c1F. The highest BCUT2D eigenvalue weighted by Gasteiger charge is 2.58. The van der Waals surface area contributed by atoms with E-state index in [-0.39, 0.29) is 0 Å². The Morgan fingerprint density at radius 3 is 0.451 bits per heavy atom. The van der Waals surface area contributed by atoms with Crippen molar-refractivity contribution >= 4 is 0 Å². The molecule has 0 saturated heterocycles. The van der Waals surface area contributed by atoms with Gasteiger partial charge in [-0.1, -0.05) is 19.4 Å². The van der Waals surface area contributed by atoms with Gasteiger partial charge in [-0.3, -0.25) is 0 Å². The second-order valence-electron chi connectivity index (χ2n) is 9.74. The van der Waals surface area contributed by atoms with Crippen LogP contribution in [0, 0.1) is 116 Å². The van der Waals surface area contributed by atoms with Crippen molar-refractivity contribution in [1.82, 2.24) is 0 Å². The molecule has 51 heavy (non-hydrogen) atoms. The van der Waals surface area contributed by atoms with Crippen molar-refractivity contribution in [3.05, 3.63) is 151 Å². The minimum atomic E-state index is -6.10. The van der Waals surface area contributed by atoms with Crippen molar-refractivity contribution < 1.29 is 87.8 Å². The van der Waals surface area contributed by atoms with Gasteiger partial charge in [0.05, 0.1) is 5.41 Å². The zero-order valence-corrected chi connectivity index (χ0v) is 25.3. The van der Waals surface area contributed by atoms with E-state index in [1.54, 1.807) is 0 Å². The van der Waals surface area contributed by atoms with E-state index in [0.29, 0.717) is 0 Å². The third-order valence-corrected chi connectivity index (χ3v) is 6.34. The second kappa shape index (κ2) is 15.2. The quantitative estimate of drug-likeness (QED) is 0.0638. The maximum absolute atomic E-state index is 15.3. The number of halogens is 20. The molecule has 20 heteroatoms. The zero-order valence-electron chi connectivity index (χ0n) is 25.3. The smallest absolute Gasteiger partial charge is 0.200 e. The highest BCUT2D eigenvalue weighted by atomic mass is 19.2. The summed E-state index contributed by atoms with van der Waals surface area (Å²) in [5, 5.41) is 0. The predicted octanol–water partition coefficient (Wildman–Crippen LogP) is 11.5. The first-order valence-electron chi connectivity index (χ1n) is 13.1. The summed E-state index contributed by atoms with van der Waals surface area (Å²) in [5.74, 6) is -71.8. The van der Waals surface area contributed by atoms with Crippen LogP contribution in [0.4, 0.5) is 87.8 Å². The summed E-state index contributed by atoms with van der Waals surface area (Å²) in [6, 6.07) is 0. The summed E-state index contributed by atoms with van der Waals surface area (Å²) in [6.45, 7) is 11.5. The van der Waals surface area contributed by atoms with E-state index in [9.17, 15) is 52.7 Å². The van der Waals surface area contributed by atoms with Crippen LogP contribution in [-0.4, -0.2) is 0 Å². The molecule has 0 bridgehead atoms. The van der Waals surface area contributed by atoms with Crippen LogP contribution in [0.3, 0.4) is 0 Å². The summed E-state index contributed by atoms with van der Waals surface area (Å²) in [7, 11) is 0. The summed E-state index contributed by atoms with van der Waals surface area (Å²) in [6.07, 6.45) is 0. The second-order valence-corrected chi connectivity index (χ2v) is 9.74. The number of rotatable bonds is 4. The van der Waals surface area contributed by atoms with Crippen molar-refractivity contribution in [1.29, 1.82) is 0 Å². The molecule has 0 aliphatic heterocycles. The van der Waals surface area contributed by atoms with E-state index in [0.717, 1.165) is 0 Å². The van der Waals surface area contributed by atoms with Crippen LogP contribution in [0.2, 0.25) is 0 Å². The fourth-order valence-corrected chi connectivity index (χ4v) is 4.49. The van der Waals surface area contributed by atoms with Gasteiger partial charge in [-0.25, -0.2) is 87.8 Å². The van der Waals surface area contributed by atoms with Crippen LogP contribution in [0.5, 0.6) is 0 Å². The molecule has 4 aromatic carbocycles. The molecule has 0 nitrogen and oxygen atoms in total. The first-order chi connectivity index (χ1) is 23.4. The molecule has 0 aromatic heterocycles. The Bertz CT molecular complexity index is 1660. The van der Waals surface area contributed by atoms with Crippen LogP contribution in [0.1, 0.15) is 49.9 Å². The van der Waals surface area contributed by atoms with E-state index >= 15 is 35.1 Å². The van der Waals surface area contributed by atoms with Crippen molar-refractivity contribution in [2.75, 3.05) is 0 Å². The molecule has 0 saturated carbocycles. The number of benzene rings is 4. The summed E-state index contributed by atoms with van der Waals surface area (Å²) >= 11 is 0. The Kier molecular flexibility index (Phi) is 12.7. The molecule has 0 heterocycles. The Morgan fingerprint density at radius 1 is 0.275 bits per heavy atom. The molecule has 0 aliphatic carbocycles. The van der Waals surface area contributed by atoms with E-state index in [4.69, 9.17) is 0 Å². The lowest BCUT2D eigenvalue weighted by Crippen LogP contribution is -2.42. The van der Waals surface area contributed by atoms with Gasteiger partial charge in [0.25, 0.3) is 0 Å². The summed E-state index contributed by atoms with van der Waals surface area (Å²) < 4.78 is 294. The number of allylic oxidation sites excluding steroid dienone is 1. The molecule has 0 N–H and O–H groups in total. The molecule has 0 spiro atoms. The fourth-order valence-electron chi connectivity index (χ4n) is 4.49. The standard InChI is InChI=1S/C25F20.C4H8.C2H6/c26-5-1(6(27)14(35)21(42)13(5)34)25(2-7(28)15(36)22(43)16(37)8(2)29,3-9(30)17(38)23(44)18(39)10(3)31)4-11(32)19(40)24(45)20(41)12(4)33;1-4(2)3;1-2/h;1H2,2-3H3;1-2H3. The van der Waals surface area contributed by atoms with Crippen LogP contribution < -0.4 is 0 Å². The zero-order chi connectivity index (χ0) is 39.9. The van der Waals surface area contributed by atoms with Gasteiger partial charge in [0.2, 0.25) is 23.3 Å². The van der Waals surface area contributed by atoms with Gasteiger partial charge in [0.15, 0.2) is 93.1 Å². The van der Waals surface area contributed by atoms with E-state index in [2.05, 4.69) is 6.58 Å². The predicted molar refractivity (Wildman–Crippen MR) is 136 cm³/mol. The monoisotopic (exact) mass is 766 g/mol. The van der Waals surface area contributed by atoms with Crippen molar-refractivity contribution in [3.63, 3.8) is 0 Å². The molecule has 0 amide bonds. The lowest BCUT2D eigenvalue weighted by atomic mass is 9.63. The van der Waals surface area contributed by atoms with Gasteiger partial charge in [0, 0.05) is 22.3 Å². The lowest BCUT2D eigenvalue weighted by Gasteiger charge is -2.38. The average molecular weight is 766 g/mol. The summed E-state index contributed by atoms with van der Waals surface area (Å²) in [4.78, 5) is 0. The van der Waals surface area contributed by atoms with Gasteiger partial charge in [0.1, 0.15) is 0 Å². The first kappa shape index (κ1) is 42.4. The minimum absolute atomic E-state index is 1.17. The molecule has 0 atom stereocenters. The Balaban J connectivity index is 0.00000140. The van der Waals surface area contributed by atoms with E-state index < -0.39 is 144 Å². The average Bonchev–Trinajstić information content (AvgIpc) is 3.08. The number of hydrogen-bond donors (Lipinski definition) is 0. The van der Waals surface area contributed by atoms with Gasteiger partial charge >= 0.3 is 0 Å². The van der Waals surface area contributed by atoms with E-state index in [1.807, 2.05) is 27.7 Å². The Labute approximate surface area is 272 Å². The Hall–Kier alpha value is -4.78. The minimum Gasteiger partial charge on any atom is -0.203 e. The van der Waals surface area contributed by atoms with Crippen LogP contribution >= 0.6 is 0 Å². The van der Waals surface area contributed by atoms with Crippen LogP contribution in [0.25, 0.3) is 0 Å². The van der Waals surface area contributed by atoms with Crippen molar-refractivity contribution in [2.24, 2.45) is 0 Å². The largest absolute Gasteiger partial charge is 0.203 e. The summed E-state index contributed by atoms with van der Waals surface area (Å²) in [5.41, 5.74) is -19.5. The highest BCUT2D eigenvalue weighted by molar-refractivity contribution is 5.63. The molecule has 0 aliphatic rings. The van der Waals surface area contributed by atoms with Gasteiger partial charge < -0.3 is 0 Å². The lowest BCUT2D eigenvalue weighted by molar-refractivity contribution is 0.315. The molecular weight excluding hydrogens is 752 g/mol. The van der Waals surface area contributed by atoms with Crippen LogP contribution in [0.15, 0.2) is 12.2 Å². The third-order valence-electron chi connectivity index (χ3n) is 6.34. The van der Waals surface area contributed by atoms with Crippen LogP contribution in [-0.2, 0) is 5.41 Å². The highest BCUT2D eigenvalue weighted by Crippen LogP contribution is 2.54. The maximum Gasteiger partial charge on any atom is 0.200 e. The number of hydrogen-bond acceptors (Lipinski definition) is 0. The molecule has 278 valence electrons. The molecular formula is C31H14F20. The van der Waals surface area contributed by atoms with Gasteiger partial charge in [-0.15, -0.1) is 6.58 Å². The van der Waals surface area contributed by atoms with E-state index in [1.165, 1.54) is 5.57 Å². The van der Waals surface area contributed by atoms with Crippen molar-refractivity contribution in [3.8, 4) is 0 Å². The molecule has 0 radical (unpaired) electrons. The topological polar surface area (TPSA) is 0 Å². The Morgan fingerprint density at radius 2 is 0.353 bits per heavy atom. The maximum atomic E-state index is 15.3. The molecule has 4 rings (SSSR count). The third kappa shape index (κ3) is 6.36. The van der Waals surface area contributed by atoms with Crippen molar-refractivity contribution in [2.45, 2.75) is 33.1 Å². The fraction of sp³-hybridized carbons (Fsp3) is 0.161. The first-order valence-corrected chi connectivity index (χ1v) is 13.1. The van der Waals surface area contributed by atoms with Gasteiger partial charge in [-0.05, 0) is 13.8 Å². The molecule has 0 fully saturated rings. The van der Waals surface area contributed by atoms with Gasteiger partial charge in [-0.2, -0.15) is 0 Å². The normalized spacial score (nSPS) is 11.2. The molecule has 4 aromatic rings.